The molecule has 4 atom stereocenters. The molecule has 0 aliphatic carbocycles. The molecular weight excluding hydrogens is 395 g/mol. The van der Waals surface area contributed by atoms with Gasteiger partial charge >= 0.3 is 23.6 Å². The number of halogens is 1. The van der Waals surface area contributed by atoms with Crippen molar-refractivity contribution < 1.29 is 37.7 Å². The Balaban J connectivity index is 2.39. The molecule has 0 radical (unpaired) electrons. The summed E-state index contributed by atoms with van der Waals surface area (Å²) >= 11 is 0. The minimum absolute atomic E-state index is 0.154. The van der Waals surface area contributed by atoms with Gasteiger partial charge in [0.1, 0.15) is 12.7 Å². The lowest BCUT2D eigenvalue weighted by Gasteiger charge is -2.18. The third-order valence-electron chi connectivity index (χ3n) is 3.89. The topological polar surface area (TPSA) is 143 Å². The summed E-state index contributed by atoms with van der Waals surface area (Å²) in [6, 6.07) is 0. The Morgan fingerprint density at radius 1 is 1.28 bits per heavy atom. The van der Waals surface area contributed by atoms with Crippen molar-refractivity contribution in [3.8, 4) is 0 Å². The highest BCUT2D eigenvalue weighted by Gasteiger charge is 2.49. The number of nitrogens with one attached hydrogen (secondary N) is 1. The molecule has 0 bridgehead atoms. The molecule has 158 valence electrons. The molecule has 1 fully saturated rings. The zero-order valence-electron chi connectivity index (χ0n) is 15.7. The Labute approximate surface area is 163 Å². The van der Waals surface area contributed by atoms with E-state index in [1.54, 1.807) is 0 Å². The molecule has 1 aliphatic heterocycles. The molecule has 1 N–H and O–H groups in total. The number of hydrogen-bond acceptors (Lipinski definition) is 9. The van der Waals surface area contributed by atoms with Crippen LogP contribution in [0.25, 0.3) is 6.08 Å². The summed E-state index contributed by atoms with van der Waals surface area (Å²) in [5, 5.41) is 0. The zero-order valence-corrected chi connectivity index (χ0v) is 15.7. The number of hydrogen-bond donors (Lipinski definition) is 1. The van der Waals surface area contributed by atoms with Gasteiger partial charge in [0.05, 0.1) is 12.7 Å². The first-order valence-electron chi connectivity index (χ1n) is 8.35. The summed E-state index contributed by atoms with van der Waals surface area (Å²) in [6.45, 7) is 1.77. The van der Waals surface area contributed by atoms with E-state index in [1.807, 2.05) is 4.98 Å². The predicted molar refractivity (Wildman–Crippen MR) is 93.4 cm³/mol. The molecule has 0 spiro atoms. The molecule has 0 aromatic carbocycles. The first-order valence-corrected chi connectivity index (χ1v) is 8.35. The van der Waals surface area contributed by atoms with Gasteiger partial charge in [-0.05, 0) is 6.08 Å². The van der Waals surface area contributed by atoms with Gasteiger partial charge in [0.15, 0.2) is 18.5 Å². The molecule has 0 saturated carbocycles. The minimum Gasteiger partial charge on any atom is -0.466 e. The Bertz CT molecular complexity index is 936. The monoisotopic (exact) mass is 414 g/mol. The minimum atomic E-state index is -2.01. The molecule has 1 aromatic heterocycles. The van der Waals surface area contributed by atoms with E-state index < -0.39 is 60.4 Å². The van der Waals surface area contributed by atoms with E-state index in [0.717, 1.165) is 43.9 Å². The van der Waals surface area contributed by atoms with Crippen LogP contribution in [0.3, 0.4) is 0 Å². The molecule has 1 aliphatic rings. The zero-order chi connectivity index (χ0) is 21.7. The van der Waals surface area contributed by atoms with Crippen molar-refractivity contribution in [3.63, 3.8) is 0 Å². The lowest BCUT2D eigenvalue weighted by molar-refractivity contribution is -0.156. The fourth-order valence-corrected chi connectivity index (χ4v) is 2.62. The summed E-state index contributed by atoms with van der Waals surface area (Å²) in [5.41, 5.74) is -1.97. The number of methoxy groups -OCH3 is 1. The van der Waals surface area contributed by atoms with Gasteiger partial charge in [0.25, 0.3) is 5.56 Å². The number of ether oxygens (including phenoxy) is 4. The molecule has 1 saturated heterocycles. The molecule has 29 heavy (non-hydrogen) atoms. The molecule has 2 heterocycles. The van der Waals surface area contributed by atoms with Crippen molar-refractivity contribution in [1.29, 1.82) is 0 Å². The lowest BCUT2D eigenvalue weighted by atomic mass is 10.1. The third kappa shape index (κ3) is 5.38. The van der Waals surface area contributed by atoms with Gasteiger partial charge < -0.3 is 18.9 Å². The smallest absolute Gasteiger partial charge is 0.330 e. The number of H-pyrrole nitrogens is 1. The van der Waals surface area contributed by atoms with Gasteiger partial charge in [-0.1, -0.05) is 0 Å². The second-order valence-electron chi connectivity index (χ2n) is 5.99. The average molecular weight is 414 g/mol. The van der Waals surface area contributed by atoms with Crippen LogP contribution in [0.2, 0.25) is 0 Å². The maximum atomic E-state index is 15.0. The van der Waals surface area contributed by atoms with Gasteiger partial charge in [0.2, 0.25) is 0 Å². The van der Waals surface area contributed by atoms with E-state index in [2.05, 4.69) is 4.74 Å². The maximum absolute atomic E-state index is 15.0. The van der Waals surface area contributed by atoms with Crippen LogP contribution < -0.4 is 11.2 Å². The molecule has 0 unspecified atom stereocenters. The Morgan fingerprint density at radius 2 is 1.97 bits per heavy atom. The van der Waals surface area contributed by atoms with Gasteiger partial charge in [-0.2, -0.15) is 0 Å². The van der Waals surface area contributed by atoms with Crippen LogP contribution in [0, 0.1) is 0 Å². The number of aromatic amines is 1. The van der Waals surface area contributed by atoms with Gasteiger partial charge in [-0.15, -0.1) is 0 Å². The van der Waals surface area contributed by atoms with Crippen LogP contribution in [-0.4, -0.2) is 59.6 Å². The lowest BCUT2D eigenvalue weighted by Crippen LogP contribution is -2.38. The van der Waals surface area contributed by atoms with E-state index in [4.69, 9.17) is 14.2 Å². The standard InChI is InChI=1S/C17H19FN2O9/c1-8(21)27-7-11-14(28-9(2)22)13(18)16(29-11)20-6-10(4-5-12(23)26-3)15(24)19-17(20)25/h4-6,11,13-14,16H,7H2,1-3H3,(H,19,24,25)/b5-4+/t11-,13+,14+,16-/m1/s1. The van der Waals surface area contributed by atoms with Crippen molar-refractivity contribution in [2.75, 3.05) is 13.7 Å². The second kappa shape index (κ2) is 9.28. The molecule has 12 heteroatoms. The van der Waals surface area contributed by atoms with Gasteiger partial charge in [0, 0.05) is 26.1 Å². The first-order chi connectivity index (χ1) is 13.6. The van der Waals surface area contributed by atoms with E-state index in [-0.39, 0.29) is 5.56 Å². The van der Waals surface area contributed by atoms with Crippen LogP contribution in [-0.2, 0) is 33.3 Å². The van der Waals surface area contributed by atoms with Gasteiger partial charge in [-0.25, -0.2) is 14.0 Å². The van der Waals surface area contributed by atoms with Crippen molar-refractivity contribution >= 4 is 24.0 Å². The van der Waals surface area contributed by atoms with E-state index >= 15 is 0 Å². The van der Waals surface area contributed by atoms with E-state index in [1.165, 1.54) is 0 Å². The van der Waals surface area contributed by atoms with Crippen molar-refractivity contribution in [2.24, 2.45) is 0 Å². The van der Waals surface area contributed by atoms with Crippen LogP contribution in [0.4, 0.5) is 4.39 Å². The van der Waals surface area contributed by atoms with Crippen molar-refractivity contribution in [2.45, 2.75) is 38.5 Å². The second-order valence-corrected chi connectivity index (χ2v) is 5.99. The normalized spacial score (nSPS) is 23.7. The van der Waals surface area contributed by atoms with Crippen LogP contribution in [0.1, 0.15) is 25.6 Å². The summed E-state index contributed by atoms with van der Waals surface area (Å²) in [7, 11) is 1.14. The number of nitrogens with zero attached hydrogens (tertiary/aromatic N) is 1. The third-order valence-corrected chi connectivity index (χ3v) is 3.89. The number of rotatable bonds is 6. The van der Waals surface area contributed by atoms with Crippen LogP contribution >= 0.6 is 0 Å². The number of alkyl halides is 1. The number of esters is 3. The van der Waals surface area contributed by atoms with Crippen molar-refractivity contribution in [1.82, 2.24) is 9.55 Å². The summed E-state index contributed by atoms with van der Waals surface area (Å²) < 4.78 is 35.3. The highest BCUT2D eigenvalue weighted by Crippen LogP contribution is 2.33. The molecule has 1 aromatic rings. The number of carbonyl (C=O) groups is 3. The molecule has 11 nitrogen and oxygen atoms in total. The highest BCUT2D eigenvalue weighted by atomic mass is 19.1. The maximum Gasteiger partial charge on any atom is 0.330 e. The van der Waals surface area contributed by atoms with Crippen molar-refractivity contribution in [3.05, 3.63) is 38.7 Å². The number of aromatic nitrogens is 2. The fourth-order valence-electron chi connectivity index (χ4n) is 2.62. The summed E-state index contributed by atoms with van der Waals surface area (Å²) in [6.07, 6.45) is -3.25. The Kier molecular flexibility index (Phi) is 7.04. The van der Waals surface area contributed by atoms with E-state index in [0.29, 0.717) is 0 Å². The molecule has 2 rings (SSSR count). The van der Waals surface area contributed by atoms with Gasteiger partial charge in [-0.3, -0.25) is 23.9 Å². The van der Waals surface area contributed by atoms with E-state index in [9.17, 15) is 28.4 Å². The highest BCUT2D eigenvalue weighted by molar-refractivity contribution is 5.86. The molecular formula is C17H19FN2O9. The quantitative estimate of drug-likeness (QED) is 0.368. The average Bonchev–Trinajstić information content (AvgIpc) is 2.94. The largest absolute Gasteiger partial charge is 0.466 e. The SMILES string of the molecule is COC(=O)/C=C/c1cn([C@@H]2O[C@H](COC(C)=O)[C@H](OC(C)=O)[C@@H]2F)c(=O)[nH]c1=O. The van der Waals surface area contributed by atoms with Crippen LogP contribution in [0.5, 0.6) is 0 Å². The molecule has 0 amide bonds. The first kappa shape index (κ1) is 22.0. The Hall–Kier alpha value is -3.28. The predicted octanol–water partition coefficient (Wildman–Crippen LogP) is -0.547. The Morgan fingerprint density at radius 3 is 2.55 bits per heavy atom. The fraction of sp³-hybridized carbons (Fsp3) is 0.471. The number of carbonyl (C=O) groups excluding carboxylic acids is 3. The summed E-state index contributed by atoms with van der Waals surface area (Å²) in [4.78, 5) is 59.6. The summed E-state index contributed by atoms with van der Waals surface area (Å²) in [5.74, 6) is -2.21. The van der Waals surface area contributed by atoms with Crippen LogP contribution in [0.15, 0.2) is 21.9 Å².